The van der Waals surface area contributed by atoms with Gasteiger partial charge in [-0.25, -0.2) is 0 Å². The van der Waals surface area contributed by atoms with Crippen LogP contribution in [0.25, 0.3) is 11.3 Å². The topological polar surface area (TPSA) is 54.9 Å². The van der Waals surface area contributed by atoms with Crippen LogP contribution in [-0.4, -0.2) is 21.9 Å². The first-order valence-electron chi connectivity index (χ1n) is 7.64. The molecule has 0 aliphatic carbocycles. The van der Waals surface area contributed by atoms with Gasteiger partial charge in [-0.05, 0) is 17.7 Å². The summed E-state index contributed by atoms with van der Waals surface area (Å²) in [5.74, 6) is 0.310. The third kappa shape index (κ3) is 4.67. The van der Waals surface area contributed by atoms with Crippen molar-refractivity contribution in [3.05, 3.63) is 78.4 Å². The van der Waals surface area contributed by atoms with Crippen molar-refractivity contribution in [2.24, 2.45) is 0 Å². The maximum Gasteiger partial charge on any atom is 0.230 e. The Morgan fingerprint density at radius 1 is 0.875 bits per heavy atom. The molecule has 2 aromatic carbocycles. The third-order valence-electron chi connectivity index (χ3n) is 3.39. The van der Waals surface area contributed by atoms with Crippen molar-refractivity contribution < 1.29 is 4.79 Å². The highest BCUT2D eigenvalue weighted by Gasteiger charge is 2.05. The molecule has 1 amide bonds. The number of nitrogens with one attached hydrogen (secondary N) is 1. The van der Waals surface area contributed by atoms with Crippen LogP contribution in [0.15, 0.2) is 77.8 Å². The fourth-order valence-corrected chi connectivity index (χ4v) is 2.79. The Morgan fingerprint density at radius 2 is 1.58 bits per heavy atom. The normalized spacial score (nSPS) is 10.3. The minimum absolute atomic E-state index is 0.0159. The molecule has 0 saturated carbocycles. The van der Waals surface area contributed by atoms with Gasteiger partial charge in [0.15, 0.2) is 0 Å². The van der Waals surface area contributed by atoms with E-state index in [0.717, 1.165) is 21.8 Å². The molecule has 5 heteroatoms. The van der Waals surface area contributed by atoms with Gasteiger partial charge in [0.1, 0.15) is 5.03 Å². The lowest BCUT2D eigenvalue weighted by Gasteiger charge is -2.05. The quantitative estimate of drug-likeness (QED) is 0.700. The number of nitrogens with zero attached hydrogens (tertiary/aromatic N) is 2. The van der Waals surface area contributed by atoms with Crippen molar-refractivity contribution in [3.8, 4) is 11.3 Å². The van der Waals surface area contributed by atoms with Crippen molar-refractivity contribution in [1.29, 1.82) is 0 Å². The third-order valence-corrected chi connectivity index (χ3v) is 4.31. The lowest BCUT2D eigenvalue weighted by atomic mass is 10.1. The largest absolute Gasteiger partial charge is 0.351 e. The minimum atomic E-state index is -0.0159. The number of amides is 1. The molecule has 3 rings (SSSR count). The van der Waals surface area contributed by atoms with Crippen LogP contribution in [0.1, 0.15) is 5.56 Å². The van der Waals surface area contributed by atoms with E-state index < -0.39 is 0 Å². The van der Waals surface area contributed by atoms with Crippen LogP contribution in [0.5, 0.6) is 0 Å². The highest BCUT2D eigenvalue weighted by atomic mass is 32.2. The number of rotatable bonds is 6. The molecule has 24 heavy (non-hydrogen) atoms. The Labute approximate surface area is 145 Å². The van der Waals surface area contributed by atoms with Gasteiger partial charge in [0.05, 0.1) is 11.4 Å². The Hall–Kier alpha value is -2.66. The molecule has 1 aromatic heterocycles. The molecule has 0 aliphatic heterocycles. The lowest BCUT2D eigenvalue weighted by Crippen LogP contribution is -2.24. The summed E-state index contributed by atoms with van der Waals surface area (Å²) < 4.78 is 0. The summed E-state index contributed by atoms with van der Waals surface area (Å²) in [4.78, 5) is 11.9. The second kappa shape index (κ2) is 8.26. The summed E-state index contributed by atoms with van der Waals surface area (Å²) in [5.41, 5.74) is 2.94. The molecule has 0 saturated heterocycles. The second-order valence-corrected chi connectivity index (χ2v) is 6.17. The minimum Gasteiger partial charge on any atom is -0.351 e. The van der Waals surface area contributed by atoms with Gasteiger partial charge in [0.25, 0.3) is 0 Å². The Kier molecular flexibility index (Phi) is 5.58. The zero-order valence-electron chi connectivity index (χ0n) is 13.1. The average molecular weight is 335 g/mol. The van der Waals surface area contributed by atoms with Crippen LogP contribution >= 0.6 is 11.8 Å². The van der Waals surface area contributed by atoms with Gasteiger partial charge in [0.2, 0.25) is 5.91 Å². The maximum atomic E-state index is 11.9. The molecule has 0 aliphatic rings. The van der Waals surface area contributed by atoms with E-state index in [4.69, 9.17) is 0 Å². The van der Waals surface area contributed by atoms with Gasteiger partial charge in [0, 0.05) is 12.1 Å². The van der Waals surface area contributed by atoms with Gasteiger partial charge in [-0.2, -0.15) is 0 Å². The van der Waals surface area contributed by atoms with E-state index in [-0.39, 0.29) is 5.91 Å². The zero-order valence-corrected chi connectivity index (χ0v) is 13.9. The summed E-state index contributed by atoms with van der Waals surface area (Å²) >= 11 is 1.38. The van der Waals surface area contributed by atoms with Crippen LogP contribution in [-0.2, 0) is 11.3 Å². The number of aromatic nitrogens is 2. The predicted molar refractivity (Wildman–Crippen MR) is 96.5 cm³/mol. The van der Waals surface area contributed by atoms with E-state index in [1.54, 1.807) is 0 Å². The van der Waals surface area contributed by atoms with Gasteiger partial charge < -0.3 is 5.32 Å². The number of carbonyl (C=O) groups is 1. The SMILES string of the molecule is O=C(CSc1ccc(-c2ccccc2)nn1)NCc1ccccc1. The molecule has 120 valence electrons. The molecule has 0 radical (unpaired) electrons. The molecule has 4 nitrogen and oxygen atoms in total. The first-order chi connectivity index (χ1) is 11.8. The summed E-state index contributed by atoms with van der Waals surface area (Å²) in [6.45, 7) is 0.541. The predicted octanol–water partition coefficient (Wildman–Crippen LogP) is 3.55. The lowest BCUT2D eigenvalue weighted by molar-refractivity contribution is -0.118. The number of thioether (sulfide) groups is 1. The monoisotopic (exact) mass is 335 g/mol. The summed E-state index contributed by atoms with van der Waals surface area (Å²) in [7, 11) is 0. The first-order valence-corrected chi connectivity index (χ1v) is 8.62. The summed E-state index contributed by atoms with van der Waals surface area (Å²) in [6.07, 6.45) is 0. The van der Waals surface area contributed by atoms with Gasteiger partial charge in [-0.3, -0.25) is 4.79 Å². The molecule has 1 N–H and O–H groups in total. The van der Waals surface area contributed by atoms with Crippen molar-refractivity contribution >= 4 is 17.7 Å². The highest BCUT2D eigenvalue weighted by molar-refractivity contribution is 7.99. The van der Waals surface area contributed by atoms with E-state index >= 15 is 0 Å². The number of hydrogen-bond acceptors (Lipinski definition) is 4. The van der Waals surface area contributed by atoms with Gasteiger partial charge in [-0.1, -0.05) is 72.4 Å². The van der Waals surface area contributed by atoms with Gasteiger partial charge in [-0.15, -0.1) is 10.2 Å². The molecule has 0 fully saturated rings. The molecular formula is C19H17N3OS. The highest BCUT2D eigenvalue weighted by Crippen LogP contribution is 2.19. The van der Waals surface area contributed by atoms with Crippen molar-refractivity contribution in [2.45, 2.75) is 11.6 Å². The second-order valence-electron chi connectivity index (χ2n) is 5.17. The average Bonchev–Trinajstić information content (AvgIpc) is 2.67. The van der Waals surface area contributed by atoms with Crippen LogP contribution in [0, 0.1) is 0 Å². The molecular weight excluding hydrogens is 318 g/mol. The summed E-state index contributed by atoms with van der Waals surface area (Å²) in [5, 5.41) is 12.0. The van der Waals surface area contributed by atoms with E-state index in [1.165, 1.54) is 11.8 Å². The van der Waals surface area contributed by atoms with E-state index in [9.17, 15) is 4.79 Å². The van der Waals surface area contributed by atoms with Crippen LogP contribution in [0.2, 0.25) is 0 Å². The van der Waals surface area contributed by atoms with E-state index in [2.05, 4.69) is 15.5 Å². The Balaban J connectivity index is 1.49. The molecule has 1 heterocycles. The standard InChI is InChI=1S/C19H17N3OS/c23-18(20-13-15-7-3-1-4-8-15)14-24-19-12-11-17(21-22-19)16-9-5-2-6-10-16/h1-12H,13-14H2,(H,20,23). The zero-order chi connectivity index (χ0) is 16.6. The fraction of sp³-hybridized carbons (Fsp3) is 0.105. The van der Waals surface area contributed by atoms with Crippen LogP contribution < -0.4 is 5.32 Å². The van der Waals surface area contributed by atoms with Crippen molar-refractivity contribution in [3.63, 3.8) is 0 Å². The summed E-state index contributed by atoms with van der Waals surface area (Å²) in [6, 6.07) is 23.6. The smallest absolute Gasteiger partial charge is 0.230 e. The number of carbonyl (C=O) groups excluding carboxylic acids is 1. The first kappa shape index (κ1) is 16.2. The molecule has 0 unspecified atom stereocenters. The molecule has 0 spiro atoms. The van der Waals surface area contributed by atoms with Crippen molar-refractivity contribution in [1.82, 2.24) is 15.5 Å². The van der Waals surface area contributed by atoms with E-state index in [1.807, 2.05) is 72.8 Å². The van der Waals surface area contributed by atoms with Crippen molar-refractivity contribution in [2.75, 3.05) is 5.75 Å². The number of benzene rings is 2. The van der Waals surface area contributed by atoms with E-state index in [0.29, 0.717) is 12.3 Å². The molecule has 0 bridgehead atoms. The Bertz CT molecular complexity index is 777. The molecule has 3 aromatic rings. The van der Waals surface area contributed by atoms with Gasteiger partial charge >= 0.3 is 0 Å². The molecule has 0 atom stereocenters. The Morgan fingerprint density at radius 3 is 2.25 bits per heavy atom. The fourth-order valence-electron chi connectivity index (χ4n) is 2.15. The maximum absolute atomic E-state index is 11.9. The number of hydrogen-bond donors (Lipinski definition) is 1. The van der Waals surface area contributed by atoms with Crippen LogP contribution in [0.4, 0.5) is 0 Å². The van der Waals surface area contributed by atoms with Crippen LogP contribution in [0.3, 0.4) is 0 Å².